The number of carboxylic acid groups (broad SMARTS) is 1. The van der Waals surface area contributed by atoms with Crippen molar-refractivity contribution >= 4 is 23.7 Å². The summed E-state index contributed by atoms with van der Waals surface area (Å²) in [5, 5.41) is 18.0. The number of unbranched alkanes of at least 4 members (excludes halogenated alkanes) is 1. The number of hydrogen-bond acceptors (Lipinski definition) is 5. The van der Waals surface area contributed by atoms with Crippen LogP contribution >= 0.6 is 11.8 Å². The van der Waals surface area contributed by atoms with Gasteiger partial charge in [0.05, 0.1) is 5.75 Å². The zero-order chi connectivity index (χ0) is 14.5. The summed E-state index contributed by atoms with van der Waals surface area (Å²) in [5.41, 5.74) is 0. The molecule has 0 atom stereocenters. The van der Waals surface area contributed by atoms with Crippen LogP contribution in [0.25, 0.3) is 0 Å². The second-order valence-electron chi connectivity index (χ2n) is 5.00. The molecule has 0 aliphatic heterocycles. The first kappa shape index (κ1) is 15.2. The van der Waals surface area contributed by atoms with Gasteiger partial charge >= 0.3 is 5.97 Å². The van der Waals surface area contributed by atoms with Gasteiger partial charge in [-0.3, -0.25) is 9.36 Å². The Hall–Kier alpha value is -1.24. The maximum absolute atomic E-state index is 10.7. The summed E-state index contributed by atoms with van der Waals surface area (Å²) in [4.78, 5) is 13.0. The predicted octanol–water partition coefficient (Wildman–Crippen LogP) is 2.42. The molecule has 112 valence electrons. The van der Waals surface area contributed by atoms with Crippen LogP contribution in [0.15, 0.2) is 5.16 Å². The number of nitrogens with zero attached hydrogens (tertiary/aromatic N) is 4. The van der Waals surface area contributed by atoms with Crippen LogP contribution in [0.1, 0.15) is 45.6 Å². The van der Waals surface area contributed by atoms with Gasteiger partial charge < -0.3 is 10.0 Å². The molecule has 2 rings (SSSR count). The summed E-state index contributed by atoms with van der Waals surface area (Å²) in [6.45, 7) is 6.16. The van der Waals surface area contributed by atoms with Crippen molar-refractivity contribution in [3.05, 3.63) is 0 Å². The number of carbonyl (C=O) groups is 1. The molecule has 20 heavy (non-hydrogen) atoms. The number of hydrogen-bond donors (Lipinski definition) is 1. The van der Waals surface area contributed by atoms with Crippen LogP contribution in [-0.2, 0) is 4.79 Å². The highest BCUT2D eigenvalue weighted by Crippen LogP contribution is 2.40. The lowest BCUT2D eigenvalue weighted by Gasteiger charge is -2.22. The van der Waals surface area contributed by atoms with Crippen LogP contribution in [0, 0.1) is 0 Å². The number of carboxylic acids is 1. The third kappa shape index (κ3) is 3.65. The highest BCUT2D eigenvalue weighted by Gasteiger charge is 2.31. The molecule has 1 aliphatic carbocycles. The fourth-order valence-corrected chi connectivity index (χ4v) is 2.83. The van der Waals surface area contributed by atoms with Gasteiger partial charge in [-0.15, -0.1) is 10.2 Å². The van der Waals surface area contributed by atoms with Gasteiger partial charge in [-0.25, -0.2) is 0 Å². The van der Waals surface area contributed by atoms with Crippen LogP contribution in [-0.4, -0.2) is 44.7 Å². The summed E-state index contributed by atoms with van der Waals surface area (Å²) < 4.78 is 2.13. The summed E-state index contributed by atoms with van der Waals surface area (Å²) in [7, 11) is 0. The van der Waals surface area contributed by atoms with Gasteiger partial charge in [0, 0.05) is 19.1 Å². The summed E-state index contributed by atoms with van der Waals surface area (Å²) in [6, 6.07) is 0.451. The fourth-order valence-electron chi connectivity index (χ4n) is 2.11. The first-order valence-electron chi connectivity index (χ1n) is 7.21. The zero-order valence-corrected chi connectivity index (χ0v) is 12.9. The topological polar surface area (TPSA) is 71.2 Å². The lowest BCUT2D eigenvalue weighted by atomic mass is 10.3. The molecular weight excluding hydrogens is 276 g/mol. The normalized spacial score (nSPS) is 14.5. The van der Waals surface area contributed by atoms with E-state index in [1.165, 1.54) is 11.8 Å². The molecule has 1 saturated carbocycles. The van der Waals surface area contributed by atoms with E-state index in [-0.39, 0.29) is 5.75 Å². The Balaban J connectivity index is 2.17. The summed E-state index contributed by atoms with van der Waals surface area (Å²) in [6.07, 6.45) is 4.55. The van der Waals surface area contributed by atoms with E-state index in [2.05, 4.69) is 33.5 Å². The van der Waals surface area contributed by atoms with Crippen LogP contribution < -0.4 is 4.90 Å². The molecular formula is C13H22N4O2S. The Morgan fingerprint density at radius 3 is 2.75 bits per heavy atom. The van der Waals surface area contributed by atoms with Crippen molar-refractivity contribution < 1.29 is 9.90 Å². The quantitative estimate of drug-likeness (QED) is 0.706. The Labute approximate surface area is 123 Å². The molecule has 1 heterocycles. The first-order chi connectivity index (χ1) is 9.67. The van der Waals surface area contributed by atoms with Crippen molar-refractivity contribution in [3.8, 4) is 0 Å². The maximum Gasteiger partial charge on any atom is 0.313 e. The zero-order valence-electron chi connectivity index (χ0n) is 12.1. The molecule has 0 saturated heterocycles. The van der Waals surface area contributed by atoms with Gasteiger partial charge in [-0.05, 0) is 26.2 Å². The highest BCUT2D eigenvalue weighted by molar-refractivity contribution is 7.99. The van der Waals surface area contributed by atoms with Gasteiger partial charge in [-0.1, -0.05) is 25.1 Å². The third-order valence-corrected chi connectivity index (χ3v) is 4.26. The van der Waals surface area contributed by atoms with Crippen LogP contribution in [0.2, 0.25) is 0 Å². The Morgan fingerprint density at radius 1 is 1.45 bits per heavy atom. The molecule has 1 aromatic rings. The number of aliphatic carboxylic acids is 1. The molecule has 1 N–H and O–H groups in total. The fraction of sp³-hybridized carbons (Fsp3) is 0.769. The average molecular weight is 298 g/mol. The minimum Gasteiger partial charge on any atom is -0.481 e. The molecule has 1 aliphatic rings. The van der Waals surface area contributed by atoms with Gasteiger partial charge in [-0.2, -0.15) is 0 Å². The van der Waals surface area contributed by atoms with E-state index in [4.69, 9.17) is 5.11 Å². The van der Waals surface area contributed by atoms with Crippen molar-refractivity contribution in [1.29, 1.82) is 0 Å². The van der Waals surface area contributed by atoms with E-state index < -0.39 is 5.97 Å². The second kappa shape index (κ2) is 6.97. The van der Waals surface area contributed by atoms with E-state index in [9.17, 15) is 4.79 Å². The van der Waals surface area contributed by atoms with Crippen molar-refractivity contribution in [3.63, 3.8) is 0 Å². The van der Waals surface area contributed by atoms with Crippen molar-refractivity contribution in [2.75, 3.05) is 23.7 Å². The average Bonchev–Trinajstić information content (AvgIpc) is 3.18. The molecule has 1 fully saturated rings. The van der Waals surface area contributed by atoms with Gasteiger partial charge in [0.25, 0.3) is 0 Å². The maximum atomic E-state index is 10.7. The van der Waals surface area contributed by atoms with Crippen LogP contribution in [0.4, 0.5) is 5.95 Å². The van der Waals surface area contributed by atoms with Gasteiger partial charge in [0.15, 0.2) is 5.16 Å². The van der Waals surface area contributed by atoms with Gasteiger partial charge in [0.2, 0.25) is 5.95 Å². The molecule has 7 heteroatoms. The SMILES string of the molecule is CCCCN(CC)c1nnc(SCC(=O)O)n1C1CC1. The van der Waals surface area contributed by atoms with Crippen molar-refractivity contribution in [1.82, 2.24) is 14.8 Å². The molecule has 0 amide bonds. The third-order valence-electron chi connectivity index (χ3n) is 3.33. The Bertz CT molecular complexity index is 459. The highest BCUT2D eigenvalue weighted by atomic mass is 32.2. The summed E-state index contributed by atoms with van der Waals surface area (Å²) >= 11 is 1.26. The number of rotatable bonds is 9. The molecule has 1 aromatic heterocycles. The number of thioether (sulfide) groups is 1. The molecule has 0 bridgehead atoms. The monoisotopic (exact) mass is 298 g/mol. The van der Waals surface area contributed by atoms with Crippen molar-refractivity contribution in [2.24, 2.45) is 0 Å². The number of anilines is 1. The van der Waals surface area contributed by atoms with E-state index >= 15 is 0 Å². The smallest absolute Gasteiger partial charge is 0.313 e. The largest absolute Gasteiger partial charge is 0.481 e. The Morgan fingerprint density at radius 2 is 2.20 bits per heavy atom. The molecule has 6 nitrogen and oxygen atoms in total. The number of aromatic nitrogens is 3. The minimum atomic E-state index is -0.819. The van der Waals surface area contributed by atoms with E-state index in [0.29, 0.717) is 6.04 Å². The lowest BCUT2D eigenvalue weighted by Crippen LogP contribution is -2.27. The van der Waals surface area contributed by atoms with Crippen LogP contribution in [0.5, 0.6) is 0 Å². The minimum absolute atomic E-state index is 0.0337. The van der Waals surface area contributed by atoms with Gasteiger partial charge in [0.1, 0.15) is 0 Å². The molecule has 0 spiro atoms. The molecule has 0 aromatic carbocycles. The first-order valence-corrected chi connectivity index (χ1v) is 8.20. The van der Waals surface area contributed by atoms with E-state index in [0.717, 1.165) is 49.9 Å². The predicted molar refractivity (Wildman–Crippen MR) is 79.4 cm³/mol. The standard InChI is InChI=1S/C13H22N4O2S/c1-3-5-8-16(4-2)12-14-15-13(20-9-11(18)19)17(12)10-6-7-10/h10H,3-9H2,1-2H3,(H,18,19). The lowest BCUT2D eigenvalue weighted by molar-refractivity contribution is -0.133. The molecule has 0 unspecified atom stereocenters. The summed E-state index contributed by atoms with van der Waals surface area (Å²) in [5.74, 6) is 0.114. The molecule has 0 radical (unpaired) electrons. The van der Waals surface area contributed by atoms with E-state index in [1.807, 2.05) is 0 Å². The van der Waals surface area contributed by atoms with Crippen molar-refractivity contribution in [2.45, 2.75) is 50.7 Å². The van der Waals surface area contributed by atoms with Crippen LogP contribution in [0.3, 0.4) is 0 Å². The van der Waals surface area contributed by atoms with E-state index in [1.54, 1.807) is 0 Å². The Kier molecular flexibility index (Phi) is 5.28. The second-order valence-corrected chi connectivity index (χ2v) is 5.94.